The smallest absolute Gasteiger partial charge is 0.172 e. The molecule has 1 aliphatic rings. The number of pyridine rings is 1. The Bertz CT molecular complexity index is 776. The monoisotopic (exact) mass is 451 g/mol. The van der Waals surface area contributed by atoms with Gasteiger partial charge in [0.25, 0.3) is 0 Å². The number of benzene rings is 1. The number of nitrogens with zero attached hydrogens (tertiary/aromatic N) is 1. The van der Waals surface area contributed by atoms with Gasteiger partial charge in [-0.2, -0.15) is 0 Å². The third kappa shape index (κ3) is 4.56. The molecule has 1 saturated carbocycles. The van der Waals surface area contributed by atoms with Crippen LogP contribution >= 0.6 is 39.7 Å². The van der Waals surface area contributed by atoms with Crippen molar-refractivity contribution in [1.29, 1.82) is 0 Å². The Labute approximate surface area is 174 Å². The second kappa shape index (κ2) is 8.68. The lowest BCUT2D eigenvalue weighted by atomic mass is 9.69. The Morgan fingerprint density at radius 3 is 2.62 bits per heavy atom. The molecule has 1 aromatic carbocycles. The fraction of sp³-hybridized carbons (Fsp3) is 0.400. The van der Waals surface area contributed by atoms with Crippen molar-refractivity contribution in [2.24, 2.45) is 0 Å². The summed E-state index contributed by atoms with van der Waals surface area (Å²) in [6, 6.07) is 12.6. The molecule has 1 fully saturated rings. The molecule has 0 aliphatic heterocycles. The molecule has 138 valence electrons. The van der Waals surface area contributed by atoms with Crippen LogP contribution < -0.4 is 10.6 Å². The number of thiocarbonyl (C=S) groups is 1. The van der Waals surface area contributed by atoms with Gasteiger partial charge in [0.05, 0.1) is 15.2 Å². The molecular weight excluding hydrogens is 430 g/mol. The average Bonchev–Trinajstić information content (AvgIpc) is 2.66. The summed E-state index contributed by atoms with van der Waals surface area (Å²) in [6.45, 7) is 2.70. The van der Waals surface area contributed by atoms with Gasteiger partial charge in [0, 0.05) is 12.0 Å². The van der Waals surface area contributed by atoms with Gasteiger partial charge in [-0.1, -0.05) is 61.2 Å². The van der Waals surface area contributed by atoms with E-state index in [9.17, 15) is 0 Å². The Kier molecular flexibility index (Phi) is 6.54. The molecule has 0 bridgehead atoms. The number of nitrogens with one attached hydrogen (secondary N) is 2. The lowest BCUT2D eigenvalue weighted by molar-refractivity contribution is 0.292. The molecular formula is C20H23BrClN3S. The van der Waals surface area contributed by atoms with Crippen LogP contribution in [0, 0.1) is 6.92 Å². The van der Waals surface area contributed by atoms with Crippen molar-refractivity contribution in [2.45, 2.75) is 44.4 Å². The van der Waals surface area contributed by atoms with E-state index in [1.54, 1.807) is 0 Å². The van der Waals surface area contributed by atoms with E-state index < -0.39 is 0 Å². The molecule has 1 aliphatic carbocycles. The molecule has 0 saturated heterocycles. The summed E-state index contributed by atoms with van der Waals surface area (Å²) in [4.78, 5) is 4.47. The van der Waals surface area contributed by atoms with E-state index in [-0.39, 0.29) is 5.41 Å². The maximum Gasteiger partial charge on any atom is 0.172 e. The van der Waals surface area contributed by atoms with Crippen LogP contribution in [-0.4, -0.2) is 16.6 Å². The van der Waals surface area contributed by atoms with Gasteiger partial charge >= 0.3 is 0 Å². The van der Waals surface area contributed by atoms with Gasteiger partial charge in [0.2, 0.25) is 0 Å². The lowest BCUT2D eigenvalue weighted by Crippen LogP contribution is -2.43. The van der Waals surface area contributed by atoms with Gasteiger partial charge in [0.15, 0.2) is 5.11 Å². The Balaban J connectivity index is 1.70. The van der Waals surface area contributed by atoms with E-state index in [0.29, 0.717) is 16.0 Å². The maximum atomic E-state index is 6.10. The molecule has 1 aromatic heterocycles. The SMILES string of the molecule is Cc1nc(NC(=S)NCC2(c3ccccc3)CCCCC2)c(Br)cc1Cl. The van der Waals surface area contributed by atoms with Crippen LogP contribution in [0.1, 0.15) is 43.4 Å². The second-order valence-corrected chi connectivity index (χ2v) is 8.57. The molecule has 2 N–H and O–H groups in total. The molecule has 0 spiro atoms. The van der Waals surface area contributed by atoms with Crippen LogP contribution in [-0.2, 0) is 5.41 Å². The molecule has 1 heterocycles. The van der Waals surface area contributed by atoms with Gasteiger partial charge in [-0.15, -0.1) is 0 Å². The third-order valence-electron chi connectivity index (χ3n) is 5.12. The molecule has 0 atom stereocenters. The number of rotatable bonds is 4. The molecule has 3 rings (SSSR count). The third-order valence-corrected chi connectivity index (χ3v) is 6.35. The fourth-order valence-electron chi connectivity index (χ4n) is 3.64. The normalized spacial score (nSPS) is 16.1. The van der Waals surface area contributed by atoms with Crippen LogP contribution in [0.2, 0.25) is 5.02 Å². The van der Waals surface area contributed by atoms with Gasteiger partial charge in [-0.3, -0.25) is 0 Å². The predicted octanol–water partition coefficient (Wildman–Crippen LogP) is 5.99. The first kappa shape index (κ1) is 19.6. The molecule has 6 heteroatoms. The minimum absolute atomic E-state index is 0.145. The quantitative estimate of drug-likeness (QED) is 0.558. The zero-order valence-electron chi connectivity index (χ0n) is 14.8. The minimum atomic E-state index is 0.145. The first-order chi connectivity index (χ1) is 12.5. The summed E-state index contributed by atoms with van der Waals surface area (Å²) >= 11 is 15.1. The van der Waals surface area contributed by atoms with E-state index in [1.807, 2.05) is 13.0 Å². The van der Waals surface area contributed by atoms with Crippen molar-refractivity contribution in [1.82, 2.24) is 10.3 Å². The highest BCUT2D eigenvalue weighted by atomic mass is 79.9. The van der Waals surface area contributed by atoms with Gasteiger partial charge in [0.1, 0.15) is 5.82 Å². The molecule has 0 amide bonds. The summed E-state index contributed by atoms with van der Waals surface area (Å²) < 4.78 is 0.799. The Hall–Kier alpha value is -1.17. The number of aromatic nitrogens is 1. The van der Waals surface area contributed by atoms with E-state index in [1.165, 1.54) is 37.7 Å². The summed E-state index contributed by atoms with van der Waals surface area (Å²) in [6.07, 6.45) is 6.22. The molecule has 0 unspecified atom stereocenters. The van der Waals surface area contributed by atoms with Crippen molar-refractivity contribution < 1.29 is 0 Å². The topological polar surface area (TPSA) is 37.0 Å². The Morgan fingerprint density at radius 1 is 1.23 bits per heavy atom. The summed E-state index contributed by atoms with van der Waals surface area (Å²) in [5.41, 5.74) is 2.32. The highest BCUT2D eigenvalue weighted by Crippen LogP contribution is 2.39. The van der Waals surface area contributed by atoms with Crippen LogP contribution in [0.15, 0.2) is 40.9 Å². The zero-order valence-corrected chi connectivity index (χ0v) is 18.0. The van der Waals surface area contributed by atoms with E-state index in [4.69, 9.17) is 23.8 Å². The predicted molar refractivity (Wildman–Crippen MR) is 117 cm³/mol. The number of hydrogen-bond donors (Lipinski definition) is 2. The standard InChI is InChI=1S/C20H23BrClN3S/c1-14-17(22)12-16(21)18(24-14)25-19(26)23-13-20(10-6-3-7-11-20)15-8-4-2-5-9-15/h2,4-5,8-9,12H,3,6-7,10-11,13H2,1H3,(H2,23,24,25,26). The van der Waals surface area contributed by atoms with Crippen molar-refractivity contribution in [3.05, 3.63) is 57.2 Å². The second-order valence-electron chi connectivity index (χ2n) is 6.90. The van der Waals surface area contributed by atoms with Crippen molar-refractivity contribution in [2.75, 3.05) is 11.9 Å². The van der Waals surface area contributed by atoms with Crippen LogP contribution in [0.4, 0.5) is 5.82 Å². The van der Waals surface area contributed by atoms with Crippen molar-refractivity contribution >= 4 is 50.7 Å². The molecule has 26 heavy (non-hydrogen) atoms. The highest BCUT2D eigenvalue weighted by molar-refractivity contribution is 9.10. The zero-order chi connectivity index (χ0) is 18.6. The molecule has 2 aromatic rings. The number of anilines is 1. The highest BCUT2D eigenvalue weighted by Gasteiger charge is 2.33. The van der Waals surface area contributed by atoms with E-state index >= 15 is 0 Å². The van der Waals surface area contributed by atoms with Crippen molar-refractivity contribution in [3.63, 3.8) is 0 Å². The molecule has 0 radical (unpaired) electrons. The average molecular weight is 453 g/mol. The summed E-state index contributed by atoms with van der Waals surface area (Å²) in [5, 5.41) is 7.83. The van der Waals surface area contributed by atoms with Gasteiger partial charge in [-0.05, 0) is 59.5 Å². The fourth-order valence-corrected chi connectivity index (χ4v) is 4.50. The first-order valence-corrected chi connectivity index (χ1v) is 10.5. The van der Waals surface area contributed by atoms with Crippen molar-refractivity contribution in [3.8, 4) is 0 Å². The minimum Gasteiger partial charge on any atom is -0.362 e. The number of halogens is 2. The first-order valence-electron chi connectivity index (χ1n) is 8.93. The Morgan fingerprint density at radius 2 is 1.92 bits per heavy atom. The summed E-state index contributed by atoms with van der Waals surface area (Å²) in [7, 11) is 0. The number of hydrogen-bond acceptors (Lipinski definition) is 2. The van der Waals surface area contributed by atoms with E-state index in [2.05, 4.69) is 61.9 Å². The number of aryl methyl sites for hydroxylation is 1. The van der Waals surface area contributed by atoms with Crippen LogP contribution in [0.25, 0.3) is 0 Å². The molecule has 3 nitrogen and oxygen atoms in total. The van der Waals surface area contributed by atoms with Gasteiger partial charge in [-0.25, -0.2) is 4.98 Å². The maximum absolute atomic E-state index is 6.10. The summed E-state index contributed by atoms with van der Waals surface area (Å²) in [5.74, 6) is 0.682. The van der Waals surface area contributed by atoms with E-state index in [0.717, 1.165) is 16.7 Å². The lowest BCUT2D eigenvalue weighted by Gasteiger charge is -2.38. The van der Waals surface area contributed by atoms with Gasteiger partial charge < -0.3 is 10.6 Å². The van der Waals surface area contributed by atoms with Crippen LogP contribution in [0.5, 0.6) is 0 Å². The van der Waals surface area contributed by atoms with Crippen LogP contribution in [0.3, 0.4) is 0 Å². The largest absolute Gasteiger partial charge is 0.362 e.